The first-order valence-electron chi connectivity index (χ1n) is 3.04. The third-order valence-corrected chi connectivity index (χ3v) is 1.33. The monoisotopic (exact) mass is 132 g/mol. The maximum absolute atomic E-state index is 4.00. The quantitative estimate of drug-likeness (QED) is 0.531. The van der Waals surface area contributed by atoms with Crippen molar-refractivity contribution in [3.63, 3.8) is 0 Å². The highest BCUT2D eigenvalue weighted by Crippen LogP contribution is 1.97. The van der Waals surface area contributed by atoms with Crippen LogP contribution in [0.25, 0.3) is 5.65 Å². The van der Waals surface area contributed by atoms with E-state index in [0.29, 0.717) is 0 Å². The first-order chi connectivity index (χ1) is 4.86. The summed E-state index contributed by atoms with van der Waals surface area (Å²) in [6.07, 6.45) is 8.32. The minimum Gasteiger partial charge on any atom is -0.303 e. The van der Waals surface area contributed by atoms with Crippen molar-refractivity contribution in [1.82, 2.24) is 14.4 Å². The van der Waals surface area contributed by atoms with Gasteiger partial charge in [0.05, 0.1) is 5.69 Å². The maximum atomic E-state index is 4.00. The highest BCUT2D eigenvalue weighted by atomic mass is 15.0. The van der Waals surface area contributed by atoms with E-state index < -0.39 is 0 Å². The van der Waals surface area contributed by atoms with Crippen molar-refractivity contribution in [2.45, 2.75) is 6.92 Å². The molecule has 10 heavy (non-hydrogen) atoms. The molecule has 2 aromatic rings. The zero-order chi connectivity index (χ0) is 6.97. The van der Waals surface area contributed by atoms with Crippen molar-refractivity contribution in [3.8, 4) is 0 Å². The zero-order valence-corrected chi connectivity index (χ0v) is 5.57. The molecule has 1 radical (unpaired) electrons. The molecule has 3 heteroatoms. The Labute approximate surface area is 58.4 Å². The summed E-state index contributed by atoms with van der Waals surface area (Å²) >= 11 is 0. The van der Waals surface area contributed by atoms with Gasteiger partial charge < -0.3 is 4.40 Å². The summed E-state index contributed by atoms with van der Waals surface area (Å²) in [6.45, 7) is 1.93. The van der Waals surface area contributed by atoms with Gasteiger partial charge >= 0.3 is 0 Å². The molecule has 0 atom stereocenters. The van der Waals surface area contributed by atoms with Crippen LogP contribution in [0.5, 0.6) is 0 Å². The van der Waals surface area contributed by atoms with E-state index in [4.69, 9.17) is 0 Å². The molecule has 0 fully saturated rings. The molecule has 0 spiro atoms. The van der Waals surface area contributed by atoms with Crippen molar-refractivity contribution < 1.29 is 0 Å². The van der Waals surface area contributed by atoms with Gasteiger partial charge in [0, 0.05) is 18.6 Å². The van der Waals surface area contributed by atoms with Gasteiger partial charge in [0.2, 0.25) is 0 Å². The van der Waals surface area contributed by atoms with E-state index in [1.54, 1.807) is 6.20 Å². The molecule has 0 aliphatic heterocycles. The van der Waals surface area contributed by atoms with Gasteiger partial charge in [-0.2, -0.15) is 0 Å². The lowest BCUT2D eigenvalue weighted by atomic mass is 10.5. The first kappa shape index (κ1) is 5.41. The Morgan fingerprint density at radius 2 is 2.50 bits per heavy atom. The number of rotatable bonds is 0. The average molecular weight is 132 g/mol. The molecule has 0 N–H and O–H groups in total. The van der Waals surface area contributed by atoms with Gasteiger partial charge in [-0.15, -0.1) is 0 Å². The van der Waals surface area contributed by atoms with Crippen LogP contribution < -0.4 is 0 Å². The van der Waals surface area contributed by atoms with Crippen molar-refractivity contribution in [1.29, 1.82) is 0 Å². The summed E-state index contributed by atoms with van der Waals surface area (Å²) < 4.78 is 1.89. The minimum absolute atomic E-state index is 0.769. The summed E-state index contributed by atoms with van der Waals surface area (Å²) in [5.74, 6) is 0. The van der Waals surface area contributed by atoms with Crippen molar-refractivity contribution >= 4 is 5.65 Å². The van der Waals surface area contributed by atoms with E-state index in [2.05, 4.69) is 16.2 Å². The van der Waals surface area contributed by atoms with Crippen LogP contribution >= 0.6 is 0 Å². The van der Waals surface area contributed by atoms with Gasteiger partial charge in [-0.05, 0) is 6.92 Å². The molecular formula is C7H6N3. The Balaban J connectivity index is 2.86. The van der Waals surface area contributed by atoms with Crippen LogP contribution in [0.3, 0.4) is 0 Å². The van der Waals surface area contributed by atoms with E-state index in [9.17, 15) is 0 Å². The van der Waals surface area contributed by atoms with E-state index in [1.807, 2.05) is 23.7 Å². The SMILES string of the molecule is Cc1cn2ccnc2[c]n1. The molecule has 0 saturated carbocycles. The lowest BCUT2D eigenvalue weighted by Crippen LogP contribution is -1.87. The molecular weight excluding hydrogens is 126 g/mol. The summed E-state index contributed by atoms with van der Waals surface area (Å²) in [6, 6.07) is 0. The number of hydrogen-bond acceptors (Lipinski definition) is 2. The lowest BCUT2D eigenvalue weighted by Gasteiger charge is -1.91. The minimum atomic E-state index is 0.769. The molecule has 0 aliphatic carbocycles. The number of hydrogen-bond donors (Lipinski definition) is 0. The van der Waals surface area contributed by atoms with Crippen LogP contribution in [-0.2, 0) is 0 Å². The molecule has 0 saturated heterocycles. The number of aryl methyl sites for hydroxylation is 1. The third kappa shape index (κ3) is 0.673. The molecule has 3 nitrogen and oxygen atoms in total. The van der Waals surface area contributed by atoms with Crippen LogP contribution in [0.1, 0.15) is 5.69 Å². The van der Waals surface area contributed by atoms with Crippen LogP contribution in [0, 0.1) is 13.1 Å². The molecule has 0 aromatic carbocycles. The number of aromatic nitrogens is 3. The normalized spacial score (nSPS) is 10.5. The fourth-order valence-electron chi connectivity index (χ4n) is 0.872. The predicted molar refractivity (Wildman–Crippen MR) is 36.6 cm³/mol. The van der Waals surface area contributed by atoms with Crippen LogP contribution in [-0.4, -0.2) is 14.4 Å². The molecule has 49 valence electrons. The highest BCUT2D eigenvalue weighted by Gasteiger charge is 1.92. The topological polar surface area (TPSA) is 30.2 Å². The Morgan fingerprint density at radius 1 is 1.60 bits per heavy atom. The summed E-state index contributed by atoms with van der Waals surface area (Å²) in [7, 11) is 0. The van der Waals surface area contributed by atoms with Gasteiger partial charge in [0.25, 0.3) is 0 Å². The molecule has 2 heterocycles. The number of nitrogens with zero attached hydrogens (tertiary/aromatic N) is 3. The fourth-order valence-corrected chi connectivity index (χ4v) is 0.872. The van der Waals surface area contributed by atoms with E-state index >= 15 is 0 Å². The molecule has 0 amide bonds. The molecule has 2 aromatic heterocycles. The van der Waals surface area contributed by atoms with Gasteiger partial charge in [0.1, 0.15) is 6.20 Å². The second-order valence-corrected chi connectivity index (χ2v) is 2.15. The van der Waals surface area contributed by atoms with Crippen molar-refractivity contribution in [2.75, 3.05) is 0 Å². The molecule has 0 aliphatic rings. The second-order valence-electron chi connectivity index (χ2n) is 2.15. The Morgan fingerprint density at radius 3 is 3.40 bits per heavy atom. The Bertz CT molecular complexity index is 350. The van der Waals surface area contributed by atoms with E-state index in [1.165, 1.54) is 0 Å². The Hall–Kier alpha value is -1.38. The summed E-state index contributed by atoms with van der Waals surface area (Å²) in [5, 5.41) is 0. The smallest absolute Gasteiger partial charge is 0.165 e. The highest BCUT2D eigenvalue weighted by molar-refractivity contribution is 5.33. The van der Waals surface area contributed by atoms with Crippen molar-refractivity contribution in [3.05, 3.63) is 30.5 Å². The van der Waals surface area contributed by atoms with Gasteiger partial charge in [-0.1, -0.05) is 0 Å². The van der Waals surface area contributed by atoms with E-state index in [0.717, 1.165) is 11.3 Å². The van der Waals surface area contributed by atoms with Gasteiger partial charge in [-0.25, -0.2) is 9.97 Å². The lowest BCUT2D eigenvalue weighted by molar-refractivity contribution is 1.06. The number of imidazole rings is 1. The summed E-state index contributed by atoms with van der Waals surface area (Å²) in [4.78, 5) is 7.98. The van der Waals surface area contributed by atoms with E-state index in [-0.39, 0.29) is 0 Å². The second kappa shape index (κ2) is 1.80. The molecule has 2 rings (SSSR count). The Kier molecular flexibility index (Phi) is 0.974. The maximum Gasteiger partial charge on any atom is 0.165 e. The third-order valence-electron chi connectivity index (χ3n) is 1.33. The van der Waals surface area contributed by atoms with Gasteiger partial charge in [-0.3, -0.25) is 0 Å². The molecule has 0 unspecified atom stereocenters. The number of fused-ring (bicyclic) bond motifs is 1. The van der Waals surface area contributed by atoms with Crippen LogP contribution in [0.2, 0.25) is 0 Å². The largest absolute Gasteiger partial charge is 0.303 e. The van der Waals surface area contributed by atoms with Crippen LogP contribution in [0.4, 0.5) is 0 Å². The van der Waals surface area contributed by atoms with Gasteiger partial charge in [0.15, 0.2) is 5.65 Å². The average Bonchev–Trinajstić information content (AvgIpc) is 2.33. The summed E-state index contributed by atoms with van der Waals surface area (Å²) in [5.41, 5.74) is 1.72. The van der Waals surface area contributed by atoms with Crippen LogP contribution in [0.15, 0.2) is 18.6 Å². The van der Waals surface area contributed by atoms with Crippen molar-refractivity contribution in [2.24, 2.45) is 0 Å². The predicted octanol–water partition coefficient (Wildman–Crippen LogP) is 0.838. The fraction of sp³-hybridized carbons (Fsp3) is 0.143. The zero-order valence-electron chi connectivity index (χ0n) is 5.57. The first-order valence-corrected chi connectivity index (χ1v) is 3.04. The molecule has 0 bridgehead atoms. The standard InChI is InChI=1S/C7H6N3/c1-6-5-10-3-2-8-7(10)4-9-6/h2-3,5H,1H3.